The number of carbonyl (C=O) groups is 1. The van der Waals surface area contributed by atoms with Crippen LogP contribution in [0.15, 0.2) is 47.5 Å². The van der Waals surface area contributed by atoms with Gasteiger partial charge in [-0.25, -0.2) is 8.78 Å². The van der Waals surface area contributed by atoms with E-state index in [-0.39, 0.29) is 11.5 Å². The number of aromatic nitrogens is 2. The highest BCUT2D eigenvalue weighted by atomic mass is 19.2. The molecule has 1 amide bonds. The topological polar surface area (TPSA) is 80.5 Å². The van der Waals surface area contributed by atoms with Gasteiger partial charge < -0.3 is 10.1 Å². The van der Waals surface area contributed by atoms with Gasteiger partial charge in [0.05, 0.1) is 12.8 Å². The Morgan fingerprint density at radius 1 is 1.15 bits per heavy atom. The van der Waals surface area contributed by atoms with Crippen LogP contribution >= 0.6 is 0 Å². The second-order valence-electron chi connectivity index (χ2n) is 7.39. The van der Waals surface area contributed by atoms with Crippen molar-refractivity contribution >= 4 is 17.6 Å². The van der Waals surface area contributed by atoms with Gasteiger partial charge in [0, 0.05) is 36.1 Å². The first-order valence-corrected chi connectivity index (χ1v) is 10.6. The number of halogens is 2. The highest BCUT2D eigenvalue weighted by Crippen LogP contribution is 2.17. The fraction of sp³-hybridized carbons (Fsp3) is 0.292. The third-order valence-electron chi connectivity index (χ3n) is 5.21. The van der Waals surface area contributed by atoms with Crippen molar-refractivity contribution in [2.45, 2.75) is 33.7 Å². The van der Waals surface area contributed by atoms with E-state index in [2.05, 4.69) is 20.7 Å². The predicted molar refractivity (Wildman–Crippen MR) is 124 cm³/mol. The number of hydrogen-bond acceptors (Lipinski definition) is 4. The lowest BCUT2D eigenvalue weighted by molar-refractivity contribution is 0.0976. The SMILES string of the molecule is CCn1nc(C)c(CCN=C(NC(=O)c2ccc(F)c(F)c2)Nc2cccc(OC)c2)c1C. The number of aryl methyl sites for hydroxylation is 2. The largest absolute Gasteiger partial charge is 0.497 e. The van der Waals surface area contributed by atoms with E-state index in [1.54, 1.807) is 31.4 Å². The van der Waals surface area contributed by atoms with Crippen LogP contribution in [0.25, 0.3) is 0 Å². The molecule has 1 aromatic heterocycles. The minimum absolute atomic E-state index is 0.0232. The molecule has 174 valence electrons. The van der Waals surface area contributed by atoms with E-state index in [9.17, 15) is 13.6 Å². The quantitative estimate of drug-likeness (QED) is 0.412. The number of methoxy groups -OCH3 is 1. The van der Waals surface area contributed by atoms with Gasteiger partial charge in [0.2, 0.25) is 5.96 Å². The van der Waals surface area contributed by atoms with Crippen LogP contribution in [0.3, 0.4) is 0 Å². The van der Waals surface area contributed by atoms with E-state index in [1.165, 1.54) is 6.07 Å². The molecule has 1 heterocycles. The number of rotatable bonds is 7. The summed E-state index contributed by atoms with van der Waals surface area (Å²) in [7, 11) is 1.56. The van der Waals surface area contributed by atoms with Gasteiger partial charge >= 0.3 is 0 Å². The van der Waals surface area contributed by atoms with E-state index >= 15 is 0 Å². The molecule has 9 heteroatoms. The minimum atomic E-state index is -1.10. The van der Waals surface area contributed by atoms with Crippen LogP contribution < -0.4 is 15.4 Å². The fourth-order valence-electron chi connectivity index (χ4n) is 3.45. The Balaban J connectivity index is 1.81. The molecule has 0 fully saturated rings. The second kappa shape index (κ2) is 10.7. The first kappa shape index (κ1) is 23.9. The van der Waals surface area contributed by atoms with Crippen LogP contribution in [-0.2, 0) is 13.0 Å². The molecular weight excluding hydrogens is 428 g/mol. The standard InChI is InChI=1S/C24H27F2N5O2/c1-5-31-16(3)20(15(2)30-31)11-12-27-24(28-18-7-6-8-19(14-18)33-4)29-23(32)17-9-10-21(25)22(26)13-17/h6-10,13-14H,5,11-12H2,1-4H3,(H2,27,28,29,32). The van der Waals surface area contributed by atoms with E-state index < -0.39 is 17.5 Å². The number of nitrogens with zero attached hydrogens (tertiary/aromatic N) is 3. The van der Waals surface area contributed by atoms with Crippen molar-refractivity contribution in [3.8, 4) is 5.75 Å². The lowest BCUT2D eigenvalue weighted by Gasteiger charge is -2.13. The number of benzene rings is 2. The van der Waals surface area contributed by atoms with E-state index in [0.29, 0.717) is 24.4 Å². The van der Waals surface area contributed by atoms with Gasteiger partial charge in [-0.3, -0.25) is 19.8 Å². The molecular formula is C24H27F2N5O2. The third-order valence-corrected chi connectivity index (χ3v) is 5.21. The Bertz CT molecular complexity index is 1170. The minimum Gasteiger partial charge on any atom is -0.497 e. The van der Waals surface area contributed by atoms with Gasteiger partial charge in [0.25, 0.3) is 5.91 Å². The maximum absolute atomic E-state index is 13.6. The summed E-state index contributed by atoms with van der Waals surface area (Å²) >= 11 is 0. The molecule has 0 unspecified atom stereocenters. The summed E-state index contributed by atoms with van der Waals surface area (Å²) in [6, 6.07) is 10.1. The van der Waals surface area contributed by atoms with Crippen molar-refractivity contribution in [1.82, 2.24) is 15.1 Å². The lowest BCUT2D eigenvalue weighted by Crippen LogP contribution is -2.36. The van der Waals surface area contributed by atoms with Gasteiger partial charge in [0.15, 0.2) is 11.6 Å². The molecule has 2 N–H and O–H groups in total. The zero-order chi connectivity index (χ0) is 24.0. The van der Waals surface area contributed by atoms with Gasteiger partial charge in [-0.05, 0) is 63.1 Å². The van der Waals surface area contributed by atoms with Gasteiger partial charge in [-0.2, -0.15) is 5.10 Å². The molecule has 3 rings (SSSR count). The molecule has 0 saturated carbocycles. The Labute approximate surface area is 191 Å². The van der Waals surface area contributed by atoms with Crippen molar-refractivity contribution in [3.63, 3.8) is 0 Å². The van der Waals surface area contributed by atoms with Crippen LogP contribution in [0.1, 0.15) is 34.2 Å². The Kier molecular flexibility index (Phi) is 7.76. The van der Waals surface area contributed by atoms with Crippen LogP contribution in [0.5, 0.6) is 5.75 Å². The molecule has 0 saturated heterocycles. The summed E-state index contributed by atoms with van der Waals surface area (Å²) in [5.41, 5.74) is 3.75. The maximum Gasteiger partial charge on any atom is 0.258 e. The summed E-state index contributed by atoms with van der Waals surface area (Å²) in [5.74, 6) is -1.93. The van der Waals surface area contributed by atoms with Crippen LogP contribution in [0.2, 0.25) is 0 Å². The molecule has 0 bridgehead atoms. The smallest absolute Gasteiger partial charge is 0.258 e. The maximum atomic E-state index is 13.6. The molecule has 0 aliphatic heterocycles. The molecule has 3 aromatic rings. The van der Waals surface area contributed by atoms with Crippen molar-refractivity contribution in [2.24, 2.45) is 4.99 Å². The summed E-state index contributed by atoms with van der Waals surface area (Å²) < 4.78 is 34.0. The summed E-state index contributed by atoms with van der Waals surface area (Å²) in [6.07, 6.45) is 0.627. The first-order chi connectivity index (χ1) is 15.8. The van der Waals surface area contributed by atoms with Crippen LogP contribution in [-0.4, -0.2) is 35.3 Å². The molecule has 0 radical (unpaired) electrons. The molecule has 33 heavy (non-hydrogen) atoms. The zero-order valence-electron chi connectivity index (χ0n) is 19.1. The van der Waals surface area contributed by atoms with E-state index in [4.69, 9.17) is 4.74 Å². The van der Waals surface area contributed by atoms with Gasteiger partial charge in [-0.15, -0.1) is 0 Å². The molecule has 0 atom stereocenters. The Hall–Kier alpha value is -3.75. The molecule has 7 nitrogen and oxygen atoms in total. The molecule has 0 aliphatic carbocycles. The third kappa shape index (κ3) is 5.94. The number of anilines is 1. The normalized spacial score (nSPS) is 11.4. The second-order valence-corrected chi connectivity index (χ2v) is 7.39. The average molecular weight is 456 g/mol. The number of guanidine groups is 1. The Morgan fingerprint density at radius 3 is 2.61 bits per heavy atom. The number of ether oxygens (including phenoxy) is 1. The number of nitrogens with one attached hydrogen (secondary N) is 2. The highest BCUT2D eigenvalue weighted by Gasteiger charge is 2.14. The number of aliphatic imine (C=N–C) groups is 1. The van der Waals surface area contributed by atoms with Crippen molar-refractivity contribution in [2.75, 3.05) is 19.0 Å². The Morgan fingerprint density at radius 2 is 1.94 bits per heavy atom. The molecule has 0 aliphatic rings. The van der Waals surface area contributed by atoms with Crippen LogP contribution in [0, 0.1) is 25.5 Å². The summed E-state index contributed by atoms with van der Waals surface area (Å²) in [4.78, 5) is 17.2. The monoisotopic (exact) mass is 455 g/mol. The lowest BCUT2D eigenvalue weighted by atomic mass is 10.1. The van der Waals surface area contributed by atoms with Gasteiger partial charge in [0.1, 0.15) is 5.75 Å². The fourth-order valence-corrected chi connectivity index (χ4v) is 3.45. The predicted octanol–water partition coefficient (Wildman–Crippen LogP) is 4.25. The first-order valence-electron chi connectivity index (χ1n) is 10.6. The number of hydrogen-bond donors (Lipinski definition) is 2. The highest BCUT2D eigenvalue weighted by molar-refractivity contribution is 6.10. The van der Waals surface area contributed by atoms with E-state index in [0.717, 1.165) is 35.6 Å². The van der Waals surface area contributed by atoms with Gasteiger partial charge in [-0.1, -0.05) is 6.07 Å². The van der Waals surface area contributed by atoms with Crippen molar-refractivity contribution in [3.05, 3.63) is 76.6 Å². The molecule has 2 aromatic carbocycles. The number of amides is 1. The van der Waals surface area contributed by atoms with Crippen molar-refractivity contribution in [1.29, 1.82) is 0 Å². The average Bonchev–Trinajstić information content (AvgIpc) is 3.08. The summed E-state index contributed by atoms with van der Waals surface area (Å²) in [5, 5.41) is 10.2. The van der Waals surface area contributed by atoms with E-state index in [1.807, 2.05) is 25.5 Å². The number of carbonyl (C=O) groups excluding carboxylic acids is 1. The van der Waals surface area contributed by atoms with Crippen molar-refractivity contribution < 1.29 is 18.3 Å². The zero-order valence-corrected chi connectivity index (χ0v) is 19.1. The summed E-state index contributed by atoms with van der Waals surface area (Å²) in [6.45, 7) is 7.16. The van der Waals surface area contributed by atoms with Crippen LogP contribution in [0.4, 0.5) is 14.5 Å². The molecule has 0 spiro atoms.